The summed E-state index contributed by atoms with van der Waals surface area (Å²) in [6.07, 6.45) is 0. The molecule has 6 nitrogen and oxygen atoms in total. The van der Waals surface area contributed by atoms with Gasteiger partial charge in [0.15, 0.2) is 11.5 Å². The number of carboxylic acid groups (broad SMARTS) is 1. The SMILES string of the molecule is O=C(Nc1cc(-c2ccccc2)ccc1C(=O)O)c1ccc2c(c1)OCO2. The molecule has 0 radical (unpaired) electrons. The van der Waals surface area contributed by atoms with Crippen LogP contribution >= 0.6 is 0 Å². The van der Waals surface area contributed by atoms with E-state index in [9.17, 15) is 14.7 Å². The van der Waals surface area contributed by atoms with Crippen LogP contribution in [0.25, 0.3) is 11.1 Å². The summed E-state index contributed by atoms with van der Waals surface area (Å²) in [5, 5.41) is 12.1. The molecule has 3 aromatic carbocycles. The molecule has 1 amide bonds. The maximum atomic E-state index is 12.6. The third-order valence-electron chi connectivity index (χ3n) is 4.24. The zero-order valence-electron chi connectivity index (χ0n) is 14.1. The van der Waals surface area contributed by atoms with Gasteiger partial charge < -0.3 is 19.9 Å². The van der Waals surface area contributed by atoms with E-state index in [2.05, 4.69) is 5.32 Å². The van der Waals surface area contributed by atoms with Gasteiger partial charge in [-0.2, -0.15) is 0 Å². The molecule has 0 spiro atoms. The Kier molecular flexibility index (Phi) is 4.22. The lowest BCUT2D eigenvalue weighted by atomic mass is 10.0. The summed E-state index contributed by atoms with van der Waals surface area (Å²) in [6, 6.07) is 19.2. The normalized spacial score (nSPS) is 11.9. The van der Waals surface area contributed by atoms with Gasteiger partial charge in [-0.3, -0.25) is 4.79 Å². The van der Waals surface area contributed by atoms with Gasteiger partial charge in [-0.1, -0.05) is 36.4 Å². The van der Waals surface area contributed by atoms with E-state index in [1.165, 1.54) is 6.07 Å². The number of hydrogen-bond donors (Lipinski definition) is 2. The van der Waals surface area contributed by atoms with Crippen molar-refractivity contribution in [3.05, 3.63) is 77.9 Å². The summed E-state index contributed by atoms with van der Waals surface area (Å²) in [6.45, 7) is 0.114. The minimum absolute atomic E-state index is 0.0174. The molecule has 1 heterocycles. The number of amides is 1. The second-order valence-electron chi connectivity index (χ2n) is 5.95. The fourth-order valence-corrected chi connectivity index (χ4v) is 2.88. The smallest absolute Gasteiger partial charge is 0.337 e. The molecule has 0 saturated heterocycles. The first-order valence-corrected chi connectivity index (χ1v) is 8.25. The topological polar surface area (TPSA) is 84.9 Å². The number of carboxylic acids is 1. The summed E-state index contributed by atoms with van der Waals surface area (Å²) < 4.78 is 10.5. The molecule has 0 bridgehead atoms. The van der Waals surface area contributed by atoms with Crippen molar-refractivity contribution in [1.82, 2.24) is 0 Å². The van der Waals surface area contributed by atoms with Crippen molar-refractivity contribution in [3.63, 3.8) is 0 Å². The van der Waals surface area contributed by atoms with Crippen molar-refractivity contribution >= 4 is 17.6 Å². The van der Waals surface area contributed by atoms with E-state index < -0.39 is 11.9 Å². The van der Waals surface area contributed by atoms with Crippen LogP contribution in [0.1, 0.15) is 20.7 Å². The molecule has 2 N–H and O–H groups in total. The molecule has 0 saturated carbocycles. The number of nitrogens with one attached hydrogen (secondary N) is 1. The van der Waals surface area contributed by atoms with E-state index >= 15 is 0 Å². The lowest BCUT2D eigenvalue weighted by Crippen LogP contribution is -2.15. The highest BCUT2D eigenvalue weighted by molar-refractivity contribution is 6.08. The number of benzene rings is 3. The van der Waals surface area contributed by atoms with Crippen LogP contribution in [0.4, 0.5) is 5.69 Å². The zero-order chi connectivity index (χ0) is 18.8. The van der Waals surface area contributed by atoms with E-state index in [1.54, 1.807) is 30.3 Å². The highest BCUT2D eigenvalue weighted by atomic mass is 16.7. The van der Waals surface area contributed by atoms with Crippen molar-refractivity contribution in [2.24, 2.45) is 0 Å². The Bertz CT molecular complexity index is 1030. The van der Waals surface area contributed by atoms with E-state index in [0.29, 0.717) is 17.1 Å². The van der Waals surface area contributed by atoms with Crippen LogP contribution in [-0.4, -0.2) is 23.8 Å². The van der Waals surface area contributed by atoms with Gasteiger partial charge in [-0.15, -0.1) is 0 Å². The van der Waals surface area contributed by atoms with E-state index in [4.69, 9.17) is 9.47 Å². The van der Waals surface area contributed by atoms with Gasteiger partial charge in [0.1, 0.15) is 0 Å². The molecule has 4 rings (SSSR count). The number of hydrogen-bond acceptors (Lipinski definition) is 4. The predicted molar refractivity (Wildman–Crippen MR) is 99.4 cm³/mol. The Balaban J connectivity index is 1.67. The summed E-state index contributed by atoms with van der Waals surface area (Å²) in [4.78, 5) is 24.2. The van der Waals surface area contributed by atoms with E-state index in [1.807, 2.05) is 30.3 Å². The molecule has 0 unspecified atom stereocenters. The molecule has 134 valence electrons. The van der Waals surface area contributed by atoms with Gasteiger partial charge in [0, 0.05) is 5.56 Å². The van der Waals surface area contributed by atoms with Crippen LogP contribution in [-0.2, 0) is 0 Å². The molecule has 0 aromatic heterocycles. The first-order chi connectivity index (χ1) is 13.1. The molecule has 1 aliphatic heterocycles. The average Bonchev–Trinajstić information content (AvgIpc) is 3.16. The fraction of sp³-hybridized carbons (Fsp3) is 0.0476. The lowest BCUT2D eigenvalue weighted by Gasteiger charge is -2.11. The highest BCUT2D eigenvalue weighted by Gasteiger charge is 2.18. The summed E-state index contributed by atoms with van der Waals surface area (Å²) in [5.41, 5.74) is 2.32. The lowest BCUT2D eigenvalue weighted by molar-refractivity contribution is 0.0698. The molecule has 6 heteroatoms. The standard InChI is InChI=1S/C21H15NO5/c23-20(15-7-9-18-19(11-15)27-12-26-18)22-17-10-14(6-8-16(17)21(24)25)13-4-2-1-3-5-13/h1-11H,12H2,(H,22,23)(H,24,25). The van der Waals surface area contributed by atoms with E-state index in [0.717, 1.165) is 11.1 Å². The van der Waals surface area contributed by atoms with Crippen molar-refractivity contribution in [3.8, 4) is 22.6 Å². The van der Waals surface area contributed by atoms with Gasteiger partial charge >= 0.3 is 5.97 Å². The molecule has 0 atom stereocenters. The third kappa shape index (κ3) is 3.32. The van der Waals surface area contributed by atoms with Crippen LogP contribution in [0.2, 0.25) is 0 Å². The third-order valence-corrected chi connectivity index (χ3v) is 4.24. The van der Waals surface area contributed by atoms with Gasteiger partial charge in [0.05, 0.1) is 11.3 Å². The summed E-state index contributed by atoms with van der Waals surface area (Å²) in [5.74, 6) is -0.486. The first kappa shape index (κ1) is 16.7. The summed E-state index contributed by atoms with van der Waals surface area (Å²) >= 11 is 0. The van der Waals surface area contributed by atoms with Crippen LogP contribution in [0, 0.1) is 0 Å². The number of anilines is 1. The Morgan fingerprint density at radius 3 is 2.41 bits per heavy atom. The second-order valence-corrected chi connectivity index (χ2v) is 5.95. The fourth-order valence-electron chi connectivity index (χ4n) is 2.88. The molecule has 1 aliphatic rings. The number of ether oxygens (including phenoxy) is 2. The zero-order valence-corrected chi connectivity index (χ0v) is 14.1. The Hall–Kier alpha value is -3.80. The van der Waals surface area contributed by atoms with Crippen LogP contribution in [0.15, 0.2) is 66.7 Å². The molecule has 3 aromatic rings. The average molecular weight is 361 g/mol. The van der Waals surface area contributed by atoms with Crippen molar-refractivity contribution in [1.29, 1.82) is 0 Å². The number of fused-ring (bicyclic) bond motifs is 1. The first-order valence-electron chi connectivity index (χ1n) is 8.25. The van der Waals surface area contributed by atoms with Crippen LogP contribution in [0.3, 0.4) is 0 Å². The maximum absolute atomic E-state index is 12.6. The molecular weight excluding hydrogens is 346 g/mol. The van der Waals surface area contributed by atoms with E-state index in [-0.39, 0.29) is 18.0 Å². The van der Waals surface area contributed by atoms with Crippen LogP contribution in [0.5, 0.6) is 11.5 Å². The highest BCUT2D eigenvalue weighted by Crippen LogP contribution is 2.33. The Labute approximate surface area is 155 Å². The number of aromatic carboxylic acids is 1. The number of carbonyl (C=O) groups is 2. The van der Waals surface area contributed by atoms with Crippen molar-refractivity contribution in [2.75, 3.05) is 12.1 Å². The van der Waals surface area contributed by atoms with Crippen molar-refractivity contribution < 1.29 is 24.2 Å². The monoisotopic (exact) mass is 361 g/mol. The molecule has 0 fully saturated rings. The molecular formula is C21H15NO5. The van der Waals surface area contributed by atoms with Gasteiger partial charge in [-0.25, -0.2) is 4.79 Å². The van der Waals surface area contributed by atoms with Gasteiger partial charge in [0.25, 0.3) is 5.91 Å². The second kappa shape index (κ2) is 6.84. The summed E-state index contributed by atoms with van der Waals surface area (Å²) in [7, 11) is 0. The predicted octanol–water partition coefficient (Wildman–Crippen LogP) is 4.03. The minimum Gasteiger partial charge on any atom is -0.478 e. The van der Waals surface area contributed by atoms with Gasteiger partial charge in [0.2, 0.25) is 6.79 Å². The molecule has 27 heavy (non-hydrogen) atoms. The Morgan fingerprint density at radius 1 is 0.852 bits per heavy atom. The number of rotatable bonds is 4. The van der Waals surface area contributed by atoms with Crippen LogP contribution < -0.4 is 14.8 Å². The Morgan fingerprint density at radius 2 is 1.63 bits per heavy atom. The minimum atomic E-state index is -1.12. The quantitative estimate of drug-likeness (QED) is 0.733. The van der Waals surface area contributed by atoms with Gasteiger partial charge in [-0.05, 0) is 41.5 Å². The number of carbonyl (C=O) groups excluding carboxylic acids is 1. The maximum Gasteiger partial charge on any atom is 0.337 e. The van der Waals surface area contributed by atoms with Crippen molar-refractivity contribution in [2.45, 2.75) is 0 Å². The largest absolute Gasteiger partial charge is 0.478 e. The molecule has 0 aliphatic carbocycles.